The van der Waals surface area contributed by atoms with Crippen molar-refractivity contribution in [3.8, 4) is 0 Å². The van der Waals surface area contributed by atoms with Gasteiger partial charge in [0.15, 0.2) is 0 Å². The molecule has 0 radical (unpaired) electrons. The molecule has 0 aliphatic heterocycles. The largest absolute Gasteiger partial charge is 0.463 e. The number of ether oxygens (including phenoxy) is 1. The van der Waals surface area contributed by atoms with Gasteiger partial charge in [0.25, 0.3) is 0 Å². The maximum Gasteiger partial charge on any atom is 0.373 e. The van der Waals surface area contributed by atoms with Gasteiger partial charge in [0.05, 0.1) is 19.2 Å². The summed E-state index contributed by atoms with van der Waals surface area (Å²) in [4.78, 5) is 15.8. The fourth-order valence-electron chi connectivity index (χ4n) is 2.34. The predicted molar refractivity (Wildman–Crippen MR) is 83.9 cm³/mol. The van der Waals surface area contributed by atoms with Crippen LogP contribution < -0.4 is 5.32 Å². The smallest absolute Gasteiger partial charge is 0.373 e. The highest BCUT2D eigenvalue weighted by Crippen LogP contribution is 2.24. The Hall–Kier alpha value is -2.82. The molecular weight excluding hydrogens is 280 g/mol. The molecule has 2 heterocycles. The van der Waals surface area contributed by atoms with E-state index in [0.29, 0.717) is 12.3 Å². The number of esters is 1. The van der Waals surface area contributed by atoms with Crippen LogP contribution in [0.25, 0.3) is 10.9 Å². The Kier molecular flexibility index (Phi) is 3.78. The average molecular weight is 296 g/mol. The first kappa shape index (κ1) is 14.1. The normalized spacial score (nSPS) is 10.6. The van der Waals surface area contributed by atoms with Crippen molar-refractivity contribution in [1.82, 2.24) is 4.98 Å². The molecule has 0 aliphatic carbocycles. The number of fused-ring (bicyclic) bond motifs is 1. The number of benzene rings is 1. The Morgan fingerprint density at radius 3 is 2.95 bits per heavy atom. The molecule has 3 rings (SSSR count). The van der Waals surface area contributed by atoms with Gasteiger partial charge in [0, 0.05) is 17.3 Å². The zero-order valence-corrected chi connectivity index (χ0v) is 12.4. The van der Waals surface area contributed by atoms with Crippen LogP contribution in [0.4, 0.5) is 5.69 Å². The Bertz CT molecular complexity index is 824. The van der Waals surface area contributed by atoms with Crippen molar-refractivity contribution in [2.75, 3.05) is 12.4 Å². The molecule has 0 fully saturated rings. The van der Waals surface area contributed by atoms with E-state index in [1.54, 1.807) is 18.3 Å². The molecule has 112 valence electrons. The number of hydrogen-bond donors (Lipinski definition) is 1. The minimum Gasteiger partial charge on any atom is -0.463 e. The van der Waals surface area contributed by atoms with E-state index >= 15 is 0 Å². The minimum atomic E-state index is -0.476. The molecule has 0 spiro atoms. The van der Waals surface area contributed by atoms with Crippen molar-refractivity contribution in [2.45, 2.75) is 13.5 Å². The molecule has 2 aromatic heterocycles. The molecule has 3 aromatic rings. The average Bonchev–Trinajstić information content (AvgIpc) is 3.01. The quantitative estimate of drug-likeness (QED) is 0.746. The first-order chi connectivity index (χ1) is 10.7. The van der Waals surface area contributed by atoms with Gasteiger partial charge >= 0.3 is 5.97 Å². The van der Waals surface area contributed by atoms with Crippen LogP contribution in [0.2, 0.25) is 0 Å². The summed E-state index contributed by atoms with van der Waals surface area (Å²) in [5, 5.41) is 4.37. The summed E-state index contributed by atoms with van der Waals surface area (Å²) in [6.07, 6.45) is 1.78. The summed E-state index contributed by atoms with van der Waals surface area (Å²) in [6.45, 7) is 2.51. The van der Waals surface area contributed by atoms with Crippen LogP contribution in [-0.4, -0.2) is 18.1 Å². The number of nitrogens with one attached hydrogen (secondary N) is 1. The number of aromatic nitrogens is 1. The number of anilines is 1. The number of pyridine rings is 1. The Morgan fingerprint density at radius 2 is 2.14 bits per heavy atom. The molecule has 0 atom stereocenters. The van der Waals surface area contributed by atoms with Crippen LogP contribution in [0, 0.1) is 6.92 Å². The standard InChI is InChI=1S/C17H16N2O3/c1-11-4-3-5-13-14(8-9-18-16(11)13)19-10-12-6-7-15(22-12)17(20)21-2/h3-9H,10H2,1-2H3,(H,18,19). The van der Waals surface area contributed by atoms with Gasteiger partial charge in [-0.1, -0.05) is 18.2 Å². The van der Waals surface area contributed by atoms with E-state index in [2.05, 4.69) is 15.0 Å². The van der Waals surface area contributed by atoms with Crippen LogP contribution in [0.15, 0.2) is 47.0 Å². The fraction of sp³-hybridized carbons (Fsp3) is 0.176. The lowest BCUT2D eigenvalue weighted by atomic mass is 10.1. The molecule has 0 saturated carbocycles. The number of para-hydroxylation sites is 1. The second-order valence-corrected chi connectivity index (χ2v) is 4.94. The molecular formula is C17H16N2O3. The number of methoxy groups -OCH3 is 1. The summed E-state index contributed by atoms with van der Waals surface area (Å²) < 4.78 is 10.1. The zero-order chi connectivity index (χ0) is 15.5. The van der Waals surface area contributed by atoms with Gasteiger partial charge in [-0.05, 0) is 30.7 Å². The Labute approximate surface area is 127 Å². The second kappa shape index (κ2) is 5.89. The van der Waals surface area contributed by atoms with Crippen molar-refractivity contribution >= 4 is 22.6 Å². The summed E-state index contributed by atoms with van der Waals surface area (Å²) in [6, 6.07) is 11.4. The molecule has 5 heteroatoms. The lowest BCUT2D eigenvalue weighted by Crippen LogP contribution is -2.01. The number of carbonyl (C=O) groups excluding carboxylic acids is 1. The molecule has 0 saturated heterocycles. The van der Waals surface area contributed by atoms with Crippen molar-refractivity contribution in [1.29, 1.82) is 0 Å². The highest BCUT2D eigenvalue weighted by molar-refractivity contribution is 5.92. The van der Waals surface area contributed by atoms with Crippen molar-refractivity contribution in [3.05, 3.63) is 59.7 Å². The Morgan fingerprint density at radius 1 is 1.27 bits per heavy atom. The molecule has 0 bridgehead atoms. The summed E-state index contributed by atoms with van der Waals surface area (Å²) in [5.74, 6) is 0.393. The maximum atomic E-state index is 11.4. The highest BCUT2D eigenvalue weighted by Gasteiger charge is 2.11. The van der Waals surface area contributed by atoms with Gasteiger partial charge in [-0.2, -0.15) is 0 Å². The maximum absolute atomic E-state index is 11.4. The lowest BCUT2D eigenvalue weighted by Gasteiger charge is -2.09. The molecule has 0 aliphatic rings. The van der Waals surface area contributed by atoms with E-state index in [4.69, 9.17) is 4.42 Å². The molecule has 1 aromatic carbocycles. The third-order valence-electron chi connectivity index (χ3n) is 3.47. The number of carbonyl (C=O) groups is 1. The van der Waals surface area contributed by atoms with Gasteiger partial charge in [0.1, 0.15) is 5.76 Å². The van der Waals surface area contributed by atoms with E-state index < -0.39 is 5.97 Å². The number of furan rings is 1. The monoisotopic (exact) mass is 296 g/mol. The lowest BCUT2D eigenvalue weighted by molar-refractivity contribution is 0.0563. The molecule has 0 unspecified atom stereocenters. The van der Waals surface area contributed by atoms with Crippen molar-refractivity contribution in [3.63, 3.8) is 0 Å². The van der Waals surface area contributed by atoms with Gasteiger partial charge in [0.2, 0.25) is 5.76 Å². The first-order valence-corrected chi connectivity index (χ1v) is 6.94. The van der Waals surface area contributed by atoms with Gasteiger partial charge in [-0.3, -0.25) is 4.98 Å². The van der Waals surface area contributed by atoms with Crippen LogP contribution in [0.5, 0.6) is 0 Å². The van der Waals surface area contributed by atoms with Gasteiger partial charge in [-0.15, -0.1) is 0 Å². The van der Waals surface area contributed by atoms with Crippen LogP contribution in [0.3, 0.4) is 0 Å². The second-order valence-electron chi connectivity index (χ2n) is 4.94. The first-order valence-electron chi connectivity index (χ1n) is 6.94. The van der Waals surface area contributed by atoms with E-state index in [1.807, 2.05) is 31.2 Å². The summed E-state index contributed by atoms with van der Waals surface area (Å²) in [5.41, 5.74) is 3.08. The summed E-state index contributed by atoms with van der Waals surface area (Å²) in [7, 11) is 1.33. The van der Waals surface area contributed by atoms with E-state index in [9.17, 15) is 4.79 Å². The molecule has 22 heavy (non-hydrogen) atoms. The van der Waals surface area contributed by atoms with Crippen LogP contribution in [-0.2, 0) is 11.3 Å². The number of rotatable bonds is 4. The van der Waals surface area contributed by atoms with Crippen molar-refractivity contribution < 1.29 is 13.9 Å². The van der Waals surface area contributed by atoms with E-state index in [0.717, 1.165) is 22.2 Å². The molecule has 1 N–H and O–H groups in total. The number of nitrogens with zero attached hydrogens (tertiary/aromatic N) is 1. The SMILES string of the molecule is COC(=O)c1ccc(CNc2ccnc3c(C)cccc23)o1. The molecule has 5 nitrogen and oxygen atoms in total. The zero-order valence-electron chi connectivity index (χ0n) is 12.4. The van der Waals surface area contributed by atoms with Crippen LogP contribution in [0.1, 0.15) is 21.9 Å². The Balaban J connectivity index is 1.81. The number of hydrogen-bond acceptors (Lipinski definition) is 5. The third-order valence-corrected chi connectivity index (χ3v) is 3.47. The topological polar surface area (TPSA) is 64.4 Å². The van der Waals surface area contributed by atoms with Gasteiger partial charge in [-0.25, -0.2) is 4.79 Å². The fourth-order valence-corrected chi connectivity index (χ4v) is 2.34. The predicted octanol–water partition coefficient (Wildman–Crippen LogP) is 3.53. The molecule has 0 amide bonds. The van der Waals surface area contributed by atoms with E-state index in [-0.39, 0.29) is 5.76 Å². The van der Waals surface area contributed by atoms with Crippen LogP contribution >= 0.6 is 0 Å². The van der Waals surface area contributed by atoms with Crippen molar-refractivity contribution in [2.24, 2.45) is 0 Å². The summed E-state index contributed by atoms with van der Waals surface area (Å²) >= 11 is 0. The minimum absolute atomic E-state index is 0.203. The van der Waals surface area contributed by atoms with Gasteiger partial charge < -0.3 is 14.5 Å². The highest BCUT2D eigenvalue weighted by atomic mass is 16.5. The number of aryl methyl sites for hydroxylation is 1. The van der Waals surface area contributed by atoms with E-state index in [1.165, 1.54) is 7.11 Å². The third kappa shape index (κ3) is 2.65.